The topological polar surface area (TPSA) is 96.1 Å². The summed E-state index contributed by atoms with van der Waals surface area (Å²) in [6, 6.07) is 3.48. The van der Waals surface area contributed by atoms with E-state index in [1.807, 2.05) is 19.9 Å². The minimum absolute atomic E-state index is 0.0123. The Kier molecular flexibility index (Phi) is 9.91. The Bertz CT molecular complexity index is 1070. The number of nitrogens with one attached hydrogen (secondary N) is 3. The first-order valence-corrected chi connectivity index (χ1v) is 11.6. The number of ether oxygens (including phenoxy) is 1. The number of H-pyrrole nitrogens is 1. The van der Waals surface area contributed by atoms with E-state index in [9.17, 15) is 22.8 Å². The van der Waals surface area contributed by atoms with Gasteiger partial charge in [-0.3, -0.25) is 4.79 Å². The first-order valence-electron chi connectivity index (χ1n) is 11.6. The molecule has 0 aliphatic heterocycles. The number of aromatic nitrogens is 2. The summed E-state index contributed by atoms with van der Waals surface area (Å²) < 4.78 is 43.1. The van der Waals surface area contributed by atoms with Crippen LogP contribution in [-0.2, 0) is 9.53 Å². The van der Waals surface area contributed by atoms with Gasteiger partial charge in [-0.25, -0.2) is 9.78 Å². The number of fused-ring (bicyclic) bond motifs is 1. The molecule has 0 unspecified atom stereocenters. The number of carbonyl (C=O) groups excluding carboxylic acids is 2. The lowest BCUT2D eigenvalue weighted by Crippen LogP contribution is -2.35. The number of hydrogen-bond acceptors (Lipinski definition) is 5. The van der Waals surface area contributed by atoms with Gasteiger partial charge >= 0.3 is 12.1 Å². The Hall–Kier alpha value is -3.30. The molecule has 7 nitrogen and oxygen atoms in total. The van der Waals surface area contributed by atoms with Crippen molar-refractivity contribution in [2.45, 2.75) is 52.6 Å². The van der Waals surface area contributed by atoms with Gasteiger partial charge in [0.25, 0.3) is 0 Å². The fourth-order valence-electron chi connectivity index (χ4n) is 3.92. The summed E-state index contributed by atoms with van der Waals surface area (Å²) in [5.74, 6) is -2.45. The number of nitrogens with zero attached hydrogens (tertiary/aromatic N) is 1. The Morgan fingerprint density at radius 1 is 1.23 bits per heavy atom. The van der Waals surface area contributed by atoms with Crippen LogP contribution >= 0.6 is 0 Å². The minimum atomic E-state index is -4.19. The first-order chi connectivity index (χ1) is 16.6. The Morgan fingerprint density at radius 3 is 2.49 bits per heavy atom. The molecular weight excluding hydrogens is 461 g/mol. The maximum atomic E-state index is 12.8. The second-order valence-corrected chi connectivity index (χ2v) is 8.25. The van der Waals surface area contributed by atoms with E-state index in [0.29, 0.717) is 29.2 Å². The molecule has 3 rings (SSSR count). The normalized spacial score (nSPS) is 18.3. The van der Waals surface area contributed by atoms with E-state index in [1.165, 1.54) is 7.11 Å². The quantitative estimate of drug-likeness (QED) is 0.337. The largest absolute Gasteiger partial charge is 0.464 e. The summed E-state index contributed by atoms with van der Waals surface area (Å²) in [5.41, 5.74) is 2.85. The number of halogens is 3. The SMILES string of the molecule is C=C(/C=C(\C)NC(=O)C1CCC(C(F)(F)F)CC1)CNc1cnc2[nH]c(C(=O)OC)cc2c1.CC. The number of hydrogen-bond donors (Lipinski definition) is 3. The lowest BCUT2D eigenvalue weighted by Gasteiger charge is -2.29. The van der Waals surface area contributed by atoms with Crippen LogP contribution in [0.3, 0.4) is 0 Å². The highest BCUT2D eigenvalue weighted by Crippen LogP contribution is 2.39. The standard InChI is InChI=1S/C23H27F3N4O3.C2H6/c1-13(8-14(2)29-21(31)15-4-6-17(7-5-15)23(24,25)26)11-27-18-9-16-10-19(22(32)33-3)30-20(16)28-12-18;1-2/h8-10,12,15,17,27H,1,4-7,11H2,2-3H3,(H,28,30)(H,29,31);1-2H3/b14-8+;. The van der Waals surface area contributed by atoms with Crippen molar-refractivity contribution in [3.05, 3.63) is 47.9 Å². The Labute approximate surface area is 203 Å². The number of methoxy groups -OCH3 is 1. The zero-order chi connectivity index (χ0) is 26.2. The molecule has 3 N–H and O–H groups in total. The van der Waals surface area contributed by atoms with E-state index in [2.05, 4.69) is 31.9 Å². The van der Waals surface area contributed by atoms with Crippen molar-refractivity contribution in [2.24, 2.45) is 11.8 Å². The van der Waals surface area contributed by atoms with Gasteiger partial charge in [0.2, 0.25) is 5.91 Å². The van der Waals surface area contributed by atoms with E-state index >= 15 is 0 Å². The van der Waals surface area contributed by atoms with Crippen molar-refractivity contribution in [3.63, 3.8) is 0 Å². The number of carbonyl (C=O) groups is 2. The van der Waals surface area contributed by atoms with Crippen molar-refractivity contribution >= 4 is 28.6 Å². The van der Waals surface area contributed by atoms with Crippen LogP contribution in [0.15, 0.2) is 42.3 Å². The number of aromatic amines is 1. The molecule has 2 heterocycles. The fourth-order valence-corrected chi connectivity index (χ4v) is 3.92. The van der Waals surface area contributed by atoms with Gasteiger partial charge in [0.1, 0.15) is 11.3 Å². The third-order valence-corrected chi connectivity index (χ3v) is 5.70. The molecule has 2 aromatic rings. The zero-order valence-electron chi connectivity index (χ0n) is 20.5. The molecule has 192 valence electrons. The molecule has 1 aliphatic rings. The number of pyridine rings is 1. The fraction of sp³-hybridized carbons (Fsp3) is 0.480. The maximum Gasteiger partial charge on any atom is 0.391 e. The minimum Gasteiger partial charge on any atom is -0.464 e. The smallest absolute Gasteiger partial charge is 0.391 e. The number of alkyl halides is 3. The van der Waals surface area contributed by atoms with Gasteiger partial charge < -0.3 is 20.4 Å². The summed E-state index contributed by atoms with van der Waals surface area (Å²) in [7, 11) is 1.30. The van der Waals surface area contributed by atoms with E-state index in [4.69, 9.17) is 0 Å². The van der Waals surface area contributed by atoms with E-state index < -0.39 is 24.0 Å². The van der Waals surface area contributed by atoms with Crippen molar-refractivity contribution in [2.75, 3.05) is 19.0 Å². The zero-order valence-corrected chi connectivity index (χ0v) is 20.5. The average Bonchev–Trinajstić information content (AvgIpc) is 3.26. The first kappa shape index (κ1) is 27.9. The molecule has 0 aromatic carbocycles. The lowest BCUT2D eigenvalue weighted by molar-refractivity contribution is -0.184. The van der Waals surface area contributed by atoms with Crippen LogP contribution in [0.2, 0.25) is 0 Å². The average molecular weight is 495 g/mol. The number of rotatable bonds is 7. The Morgan fingerprint density at radius 2 is 1.89 bits per heavy atom. The van der Waals surface area contributed by atoms with Crippen LogP contribution in [0.5, 0.6) is 0 Å². The van der Waals surface area contributed by atoms with Crippen LogP contribution in [-0.4, -0.2) is 41.7 Å². The molecule has 1 fully saturated rings. The summed E-state index contributed by atoms with van der Waals surface area (Å²) in [6.45, 7) is 10.1. The number of anilines is 1. The van der Waals surface area contributed by atoms with E-state index in [0.717, 1.165) is 11.1 Å². The molecule has 35 heavy (non-hydrogen) atoms. The highest BCUT2D eigenvalue weighted by atomic mass is 19.4. The van der Waals surface area contributed by atoms with Crippen molar-refractivity contribution < 1.29 is 27.5 Å². The van der Waals surface area contributed by atoms with Crippen LogP contribution in [0, 0.1) is 11.8 Å². The maximum absolute atomic E-state index is 12.8. The van der Waals surface area contributed by atoms with Crippen molar-refractivity contribution in [3.8, 4) is 0 Å². The van der Waals surface area contributed by atoms with Crippen molar-refractivity contribution in [1.82, 2.24) is 15.3 Å². The summed E-state index contributed by atoms with van der Waals surface area (Å²) in [5, 5.41) is 6.68. The molecule has 10 heteroatoms. The molecule has 0 radical (unpaired) electrons. The number of allylic oxidation sites excluding steroid dienone is 1. The number of amides is 1. The third-order valence-electron chi connectivity index (χ3n) is 5.70. The molecule has 0 saturated heterocycles. The van der Waals surface area contributed by atoms with E-state index in [-0.39, 0.29) is 31.6 Å². The third kappa shape index (κ3) is 7.87. The predicted molar refractivity (Wildman–Crippen MR) is 130 cm³/mol. The van der Waals surface area contributed by atoms with Crippen LogP contribution in [0.4, 0.5) is 18.9 Å². The highest BCUT2D eigenvalue weighted by Gasteiger charge is 2.42. The van der Waals surface area contributed by atoms with Gasteiger partial charge in [0, 0.05) is 23.5 Å². The molecule has 2 aromatic heterocycles. The molecule has 1 saturated carbocycles. The molecule has 1 amide bonds. The predicted octanol–water partition coefficient (Wildman–Crippen LogP) is 5.73. The lowest BCUT2D eigenvalue weighted by atomic mass is 9.81. The molecular formula is C25H33F3N4O3. The van der Waals surface area contributed by atoms with Crippen LogP contribution in [0.1, 0.15) is 56.9 Å². The van der Waals surface area contributed by atoms with Gasteiger partial charge in [-0.1, -0.05) is 20.4 Å². The molecule has 0 atom stereocenters. The monoisotopic (exact) mass is 494 g/mol. The summed E-state index contributed by atoms with van der Waals surface area (Å²) >= 11 is 0. The summed E-state index contributed by atoms with van der Waals surface area (Å²) in [6.07, 6.45) is -0.418. The number of esters is 1. The van der Waals surface area contributed by atoms with Gasteiger partial charge in [-0.2, -0.15) is 13.2 Å². The summed E-state index contributed by atoms with van der Waals surface area (Å²) in [4.78, 5) is 31.2. The second kappa shape index (κ2) is 12.4. The van der Waals surface area contributed by atoms with Gasteiger partial charge in [-0.05, 0) is 56.4 Å². The molecule has 0 spiro atoms. The van der Waals surface area contributed by atoms with Gasteiger partial charge in [-0.15, -0.1) is 0 Å². The van der Waals surface area contributed by atoms with Crippen LogP contribution in [0.25, 0.3) is 11.0 Å². The van der Waals surface area contributed by atoms with Gasteiger partial charge in [0.05, 0.1) is 24.9 Å². The van der Waals surface area contributed by atoms with Crippen LogP contribution < -0.4 is 10.6 Å². The Balaban J connectivity index is 0.00000210. The molecule has 1 aliphatic carbocycles. The van der Waals surface area contributed by atoms with E-state index in [1.54, 1.807) is 25.3 Å². The van der Waals surface area contributed by atoms with Crippen molar-refractivity contribution in [1.29, 1.82) is 0 Å². The molecule has 0 bridgehead atoms. The highest BCUT2D eigenvalue weighted by molar-refractivity contribution is 5.94. The van der Waals surface area contributed by atoms with Gasteiger partial charge in [0.15, 0.2) is 0 Å². The second-order valence-electron chi connectivity index (χ2n) is 8.25.